The van der Waals surface area contributed by atoms with Gasteiger partial charge in [0.15, 0.2) is 0 Å². The minimum absolute atomic E-state index is 0.0627. The second kappa shape index (κ2) is 4.20. The summed E-state index contributed by atoms with van der Waals surface area (Å²) in [5.74, 6) is -0.0411. The highest BCUT2D eigenvalue weighted by Gasteiger charge is 2.45. The molecule has 70 valence electrons. The summed E-state index contributed by atoms with van der Waals surface area (Å²) in [7, 11) is 1.43. The summed E-state index contributed by atoms with van der Waals surface area (Å²) in [6.07, 6.45) is 1.60. The van der Waals surface area contributed by atoms with Gasteiger partial charge in [-0.05, 0) is 41.8 Å². The van der Waals surface area contributed by atoms with Crippen LogP contribution in [0.5, 0.6) is 0 Å². The Balaban J connectivity index is 2.31. The van der Waals surface area contributed by atoms with Crippen molar-refractivity contribution in [1.29, 1.82) is 0 Å². The van der Waals surface area contributed by atoms with Crippen LogP contribution in [0.25, 0.3) is 0 Å². The van der Waals surface area contributed by atoms with Crippen LogP contribution in [0.3, 0.4) is 0 Å². The van der Waals surface area contributed by atoms with E-state index < -0.39 is 0 Å². The largest absolute Gasteiger partial charge is 0.469 e. The first-order valence-electron chi connectivity index (χ1n) is 3.73. The smallest absolute Gasteiger partial charge is 0.308 e. The fourth-order valence-electron chi connectivity index (χ4n) is 1.49. The van der Waals surface area contributed by atoms with Gasteiger partial charge in [-0.25, -0.2) is 0 Å². The summed E-state index contributed by atoms with van der Waals surface area (Å²) in [6, 6.07) is 0. The second-order valence-corrected chi connectivity index (χ2v) is 4.94. The molecular weight excluding hydrogens is 290 g/mol. The number of methoxy groups -OCH3 is 1. The van der Waals surface area contributed by atoms with E-state index in [1.807, 2.05) is 6.92 Å². The van der Waals surface area contributed by atoms with Crippen molar-refractivity contribution >= 4 is 34.5 Å². The van der Waals surface area contributed by atoms with Crippen LogP contribution < -0.4 is 0 Å². The van der Waals surface area contributed by atoms with Crippen molar-refractivity contribution in [2.45, 2.75) is 25.4 Å². The Morgan fingerprint density at radius 2 is 2.25 bits per heavy atom. The molecule has 3 nitrogen and oxygen atoms in total. The molecule has 1 rings (SSSR count). The molecule has 0 bridgehead atoms. The zero-order valence-electron chi connectivity index (χ0n) is 7.09. The van der Waals surface area contributed by atoms with Gasteiger partial charge >= 0.3 is 5.97 Å². The maximum atomic E-state index is 11.0. The van der Waals surface area contributed by atoms with Gasteiger partial charge in [0.2, 0.25) is 0 Å². The normalized spacial score (nSPS) is 35.1. The Morgan fingerprint density at radius 3 is 2.67 bits per heavy atom. The molecular formula is C7H12IO3P. The summed E-state index contributed by atoms with van der Waals surface area (Å²) in [5.41, 5.74) is -0.0709. The van der Waals surface area contributed by atoms with E-state index in [9.17, 15) is 4.79 Å². The van der Waals surface area contributed by atoms with Gasteiger partial charge in [-0.15, -0.1) is 0 Å². The van der Waals surface area contributed by atoms with E-state index in [4.69, 9.17) is 4.52 Å². The van der Waals surface area contributed by atoms with Crippen molar-refractivity contribution in [3.05, 3.63) is 0 Å². The lowest BCUT2D eigenvalue weighted by Crippen LogP contribution is -2.45. The van der Waals surface area contributed by atoms with Crippen LogP contribution >= 0.6 is 28.5 Å². The molecule has 5 heteroatoms. The third-order valence-corrected chi connectivity index (χ3v) is 3.41. The molecule has 0 aromatic rings. The maximum Gasteiger partial charge on any atom is 0.308 e. The molecule has 0 saturated heterocycles. The van der Waals surface area contributed by atoms with Crippen molar-refractivity contribution < 1.29 is 14.1 Å². The molecule has 1 aliphatic rings. The number of ether oxygens (including phenoxy) is 1. The number of rotatable bonds is 3. The second-order valence-electron chi connectivity index (χ2n) is 3.26. The van der Waals surface area contributed by atoms with Crippen molar-refractivity contribution in [1.82, 2.24) is 0 Å². The molecule has 1 unspecified atom stereocenters. The molecule has 0 heterocycles. The Labute approximate surface area is 86.9 Å². The number of halogens is 1. The van der Waals surface area contributed by atoms with E-state index in [1.165, 1.54) is 7.11 Å². The average molecular weight is 302 g/mol. The molecule has 1 fully saturated rings. The van der Waals surface area contributed by atoms with Crippen LogP contribution in [-0.4, -0.2) is 18.7 Å². The van der Waals surface area contributed by atoms with E-state index in [0.29, 0.717) is 6.45 Å². The van der Waals surface area contributed by atoms with Crippen LogP contribution in [0, 0.1) is 5.92 Å². The van der Waals surface area contributed by atoms with Gasteiger partial charge in [0, 0.05) is 0 Å². The number of esters is 1. The van der Waals surface area contributed by atoms with E-state index in [2.05, 4.69) is 26.8 Å². The molecule has 0 spiro atoms. The van der Waals surface area contributed by atoms with Crippen molar-refractivity contribution in [2.24, 2.45) is 5.92 Å². The minimum atomic E-state index is -0.104. The SMILES string of the molecule is COC(=O)C1CC(C)(OPI)C1. The standard InChI is InChI=1S/C7H12IO3P/c1-7(11-12-8)3-5(4-7)6(9)10-2/h5,12H,3-4H2,1-2H3. The topological polar surface area (TPSA) is 35.5 Å². The van der Waals surface area contributed by atoms with Crippen LogP contribution in [-0.2, 0) is 14.1 Å². The highest BCUT2D eigenvalue weighted by Crippen LogP contribution is 2.46. The van der Waals surface area contributed by atoms with Gasteiger partial charge in [-0.1, -0.05) is 0 Å². The van der Waals surface area contributed by atoms with E-state index in [-0.39, 0.29) is 17.5 Å². The van der Waals surface area contributed by atoms with Crippen molar-refractivity contribution in [2.75, 3.05) is 7.11 Å². The molecule has 0 radical (unpaired) electrons. The molecule has 1 atom stereocenters. The highest BCUT2D eigenvalue weighted by molar-refractivity contribution is 14.2. The first-order valence-corrected chi connectivity index (χ1v) is 7.75. The van der Waals surface area contributed by atoms with Crippen LogP contribution in [0.4, 0.5) is 0 Å². The summed E-state index contributed by atoms with van der Waals surface area (Å²) in [6.45, 7) is 2.51. The Hall–Kier alpha value is 0.590. The molecule has 1 saturated carbocycles. The van der Waals surface area contributed by atoms with E-state index in [1.54, 1.807) is 0 Å². The molecule has 1 aliphatic carbocycles. The molecule has 0 amide bonds. The van der Waals surface area contributed by atoms with E-state index >= 15 is 0 Å². The number of hydrogen-bond donors (Lipinski definition) is 0. The highest BCUT2D eigenvalue weighted by atomic mass is 127. The molecule has 0 N–H and O–H groups in total. The Kier molecular flexibility index (Phi) is 3.74. The first-order chi connectivity index (χ1) is 5.61. The summed E-state index contributed by atoms with van der Waals surface area (Å²) in [4.78, 5) is 11.0. The van der Waals surface area contributed by atoms with Crippen molar-refractivity contribution in [3.63, 3.8) is 0 Å². The molecule has 0 aliphatic heterocycles. The monoisotopic (exact) mass is 302 g/mol. The number of carbonyl (C=O) groups excluding carboxylic acids is 1. The lowest BCUT2D eigenvalue weighted by Gasteiger charge is -2.42. The molecule has 0 aromatic carbocycles. The van der Waals surface area contributed by atoms with Crippen LogP contribution in [0.15, 0.2) is 0 Å². The van der Waals surface area contributed by atoms with Gasteiger partial charge in [0.25, 0.3) is 0 Å². The molecule has 12 heavy (non-hydrogen) atoms. The first kappa shape index (κ1) is 10.7. The molecule has 0 aromatic heterocycles. The third-order valence-electron chi connectivity index (χ3n) is 2.18. The summed E-state index contributed by atoms with van der Waals surface area (Å²) < 4.78 is 10.1. The zero-order chi connectivity index (χ0) is 9.19. The van der Waals surface area contributed by atoms with Gasteiger partial charge < -0.3 is 9.26 Å². The Morgan fingerprint density at radius 1 is 1.67 bits per heavy atom. The maximum absolute atomic E-state index is 11.0. The third kappa shape index (κ3) is 2.30. The van der Waals surface area contributed by atoms with E-state index in [0.717, 1.165) is 12.8 Å². The fourth-order valence-corrected chi connectivity index (χ4v) is 3.44. The zero-order valence-corrected chi connectivity index (χ0v) is 10.3. The predicted molar refractivity (Wildman–Crippen MR) is 56.6 cm³/mol. The van der Waals surface area contributed by atoms with Gasteiger partial charge in [0.05, 0.1) is 25.1 Å². The van der Waals surface area contributed by atoms with Gasteiger partial charge in [-0.3, -0.25) is 4.79 Å². The van der Waals surface area contributed by atoms with Gasteiger partial charge in [0.1, 0.15) is 0 Å². The lowest BCUT2D eigenvalue weighted by atomic mass is 9.72. The fraction of sp³-hybridized carbons (Fsp3) is 0.857. The number of hydrogen-bond acceptors (Lipinski definition) is 3. The minimum Gasteiger partial charge on any atom is -0.469 e. The van der Waals surface area contributed by atoms with Crippen LogP contribution in [0.1, 0.15) is 19.8 Å². The lowest BCUT2D eigenvalue weighted by molar-refractivity contribution is -0.156. The summed E-state index contributed by atoms with van der Waals surface area (Å²) in [5, 5.41) is 0. The number of carbonyl (C=O) groups is 1. The quantitative estimate of drug-likeness (QED) is 0.456. The summed E-state index contributed by atoms with van der Waals surface area (Å²) >= 11 is 2.19. The van der Waals surface area contributed by atoms with Gasteiger partial charge in [-0.2, -0.15) is 0 Å². The average Bonchev–Trinajstić information content (AvgIpc) is 1.99. The Bertz CT molecular complexity index is 179. The van der Waals surface area contributed by atoms with Crippen LogP contribution in [0.2, 0.25) is 0 Å². The predicted octanol–water partition coefficient (Wildman–Crippen LogP) is 2.29. The van der Waals surface area contributed by atoms with Crippen molar-refractivity contribution in [3.8, 4) is 0 Å².